The van der Waals surface area contributed by atoms with Crippen molar-refractivity contribution < 1.29 is 145 Å². The van der Waals surface area contributed by atoms with Gasteiger partial charge in [0, 0.05) is 10.4 Å². The molecule has 1 saturated heterocycles. The standard InChI is InChI=1S/C6H13NO5.2K.H2O4S/c7-3-5(10)4(9)2(1-8)12-6(3)11;;;1-5(2,3)4/h2-6,8-11H,1,7H2;;;(H2,1,2,3,4)/q;2*+1;/p-2/t2-,3-,4-,5-,6?;;;/m1.../s1. The Hall–Kier alpha value is 2.90. The zero-order valence-corrected chi connectivity index (χ0v) is 17.5. The minimum absolute atomic E-state index is 0. The van der Waals surface area contributed by atoms with Gasteiger partial charge in [-0.25, -0.2) is 0 Å². The Bertz CT molecular complexity index is 316. The molecule has 0 aliphatic carbocycles. The van der Waals surface area contributed by atoms with Crippen LogP contribution in [0.25, 0.3) is 0 Å². The molecule has 10 nitrogen and oxygen atoms in total. The average molecular weight is 353 g/mol. The van der Waals surface area contributed by atoms with Crippen molar-refractivity contribution in [3.05, 3.63) is 0 Å². The molecule has 13 heteroatoms. The molecule has 19 heavy (non-hydrogen) atoms. The van der Waals surface area contributed by atoms with Crippen LogP contribution in [0, 0.1) is 0 Å². The topological polar surface area (TPSA) is 196 Å². The third kappa shape index (κ3) is 12.0. The maximum Gasteiger partial charge on any atom is 1.00 e. The van der Waals surface area contributed by atoms with Crippen molar-refractivity contribution >= 4 is 10.4 Å². The second-order valence-corrected chi connectivity index (χ2v) is 4.03. The number of aliphatic hydroxyl groups is 4. The molecule has 104 valence electrons. The van der Waals surface area contributed by atoms with Crippen molar-refractivity contribution in [3.8, 4) is 0 Å². The number of ether oxygens (including phenoxy) is 1. The summed E-state index contributed by atoms with van der Waals surface area (Å²) in [6.07, 6.45) is -4.85. The molecule has 6 N–H and O–H groups in total. The molecule has 1 heterocycles. The van der Waals surface area contributed by atoms with Crippen molar-refractivity contribution in [2.24, 2.45) is 5.73 Å². The number of hydrogen-bond donors (Lipinski definition) is 5. The second kappa shape index (κ2) is 12.3. The predicted octanol–water partition coefficient (Wildman–Crippen LogP) is -10.6. The first-order valence-corrected chi connectivity index (χ1v) is 5.64. The molecule has 0 saturated carbocycles. The second-order valence-electron chi connectivity index (χ2n) is 3.21. The van der Waals surface area contributed by atoms with Crippen LogP contribution in [0.5, 0.6) is 0 Å². The van der Waals surface area contributed by atoms with Gasteiger partial charge in [0.2, 0.25) is 0 Å². The van der Waals surface area contributed by atoms with Gasteiger partial charge in [-0.05, 0) is 0 Å². The monoisotopic (exact) mass is 353 g/mol. The molecular weight excluding hydrogens is 340 g/mol. The van der Waals surface area contributed by atoms with Crippen LogP contribution in [0.3, 0.4) is 0 Å². The fourth-order valence-electron chi connectivity index (χ4n) is 1.12. The van der Waals surface area contributed by atoms with Gasteiger partial charge < -0.3 is 40.0 Å². The Morgan fingerprint density at radius 1 is 1.11 bits per heavy atom. The molecule has 0 aromatic heterocycles. The summed E-state index contributed by atoms with van der Waals surface area (Å²) in [5.74, 6) is 0. The van der Waals surface area contributed by atoms with Crippen LogP contribution in [0.1, 0.15) is 0 Å². The van der Waals surface area contributed by atoms with Crippen LogP contribution in [-0.2, 0) is 15.1 Å². The van der Waals surface area contributed by atoms with Gasteiger partial charge in [-0.2, -0.15) is 0 Å². The molecule has 0 radical (unpaired) electrons. The van der Waals surface area contributed by atoms with E-state index in [1.54, 1.807) is 0 Å². The Morgan fingerprint density at radius 3 is 1.79 bits per heavy atom. The molecule has 0 bridgehead atoms. The van der Waals surface area contributed by atoms with Crippen LogP contribution in [0.15, 0.2) is 0 Å². The Morgan fingerprint density at radius 2 is 1.47 bits per heavy atom. The number of aliphatic hydroxyl groups excluding tert-OH is 4. The summed E-state index contributed by atoms with van der Waals surface area (Å²) in [4.78, 5) is 0. The van der Waals surface area contributed by atoms with Gasteiger partial charge in [-0.15, -0.1) is 0 Å². The van der Waals surface area contributed by atoms with E-state index in [1.165, 1.54) is 0 Å². The fourth-order valence-corrected chi connectivity index (χ4v) is 1.12. The van der Waals surface area contributed by atoms with Gasteiger partial charge in [0.05, 0.1) is 12.6 Å². The molecule has 0 aromatic carbocycles. The van der Waals surface area contributed by atoms with Crippen molar-refractivity contribution in [1.29, 1.82) is 0 Å². The molecule has 0 amide bonds. The van der Waals surface area contributed by atoms with Crippen molar-refractivity contribution in [2.75, 3.05) is 6.61 Å². The van der Waals surface area contributed by atoms with Crippen LogP contribution in [0.4, 0.5) is 0 Å². The van der Waals surface area contributed by atoms with Crippen LogP contribution in [-0.4, -0.2) is 75.2 Å². The third-order valence-corrected chi connectivity index (χ3v) is 1.95. The molecule has 1 unspecified atom stereocenters. The van der Waals surface area contributed by atoms with Gasteiger partial charge in [0.25, 0.3) is 0 Å². The first kappa shape index (κ1) is 26.8. The summed E-state index contributed by atoms with van der Waals surface area (Å²) in [7, 11) is -5.17. The van der Waals surface area contributed by atoms with E-state index in [0.29, 0.717) is 0 Å². The zero-order valence-electron chi connectivity index (χ0n) is 10.4. The minimum Gasteiger partial charge on any atom is -0.759 e. The minimum atomic E-state index is -5.17. The summed E-state index contributed by atoms with van der Waals surface area (Å²) < 4.78 is 38.8. The molecular formula is C6H13K2NO9S. The van der Waals surface area contributed by atoms with E-state index in [4.69, 9.17) is 38.2 Å². The summed E-state index contributed by atoms with van der Waals surface area (Å²) in [6, 6.07) is -1.04. The molecule has 1 fully saturated rings. The van der Waals surface area contributed by atoms with Gasteiger partial charge in [0.1, 0.15) is 18.3 Å². The molecule has 1 aliphatic heterocycles. The van der Waals surface area contributed by atoms with Crippen LogP contribution in [0.2, 0.25) is 0 Å². The summed E-state index contributed by atoms with van der Waals surface area (Å²) in [6.45, 7) is -0.470. The molecule has 5 atom stereocenters. The SMILES string of the molecule is N[C@H]1C(O)O[C@H](CO)[C@@H](O)[C@@H]1O.O=S(=O)([O-])[O-].[K+].[K+]. The maximum absolute atomic E-state index is 9.20. The summed E-state index contributed by atoms with van der Waals surface area (Å²) in [5, 5.41) is 36.1. The van der Waals surface area contributed by atoms with E-state index in [9.17, 15) is 10.2 Å². The van der Waals surface area contributed by atoms with Gasteiger partial charge in [-0.3, -0.25) is 8.42 Å². The molecule has 0 aromatic rings. The molecule has 1 aliphatic rings. The van der Waals surface area contributed by atoms with E-state index in [1.807, 2.05) is 0 Å². The smallest absolute Gasteiger partial charge is 0.759 e. The van der Waals surface area contributed by atoms with Gasteiger partial charge >= 0.3 is 103 Å². The Balaban J connectivity index is -0.000000320. The fraction of sp³-hybridized carbons (Fsp3) is 1.00. The van der Waals surface area contributed by atoms with Crippen molar-refractivity contribution in [2.45, 2.75) is 30.6 Å². The molecule has 1 rings (SSSR count). The molecule has 0 spiro atoms. The number of rotatable bonds is 1. The van der Waals surface area contributed by atoms with Gasteiger partial charge in [-0.1, -0.05) is 0 Å². The summed E-state index contributed by atoms with van der Waals surface area (Å²) in [5.41, 5.74) is 5.26. The quantitative estimate of drug-likeness (QED) is 0.171. The van der Waals surface area contributed by atoms with Crippen molar-refractivity contribution in [1.82, 2.24) is 0 Å². The van der Waals surface area contributed by atoms with Crippen LogP contribution < -0.4 is 109 Å². The Labute approximate surface area is 195 Å². The first-order chi connectivity index (χ1) is 7.57. The van der Waals surface area contributed by atoms with E-state index >= 15 is 0 Å². The van der Waals surface area contributed by atoms with Crippen LogP contribution >= 0.6 is 0 Å². The maximum atomic E-state index is 9.20. The van der Waals surface area contributed by atoms with E-state index in [0.717, 1.165) is 0 Å². The predicted molar refractivity (Wildman–Crippen MR) is 48.4 cm³/mol. The first-order valence-electron chi connectivity index (χ1n) is 4.30. The zero-order chi connectivity index (χ0) is 13.8. The average Bonchev–Trinajstić information content (AvgIpc) is 2.18. The largest absolute Gasteiger partial charge is 1.00 e. The third-order valence-electron chi connectivity index (χ3n) is 1.95. The van der Waals surface area contributed by atoms with Gasteiger partial charge in [0.15, 0.2) is 6.29 Å². The number of nitrogens with two attached hydrogens (primary N) is 1. The normalized spacial score (nSPS) is 34.2. The van der Waals surface area contributed by atoms with E-state index in [-0.39, 0.29) is 103 Å². The Kier molecular flexibility index (Phi) is 17.4. The van der Waals surface area contributed by atoms with Crippen molar-refractivity contribution in [3.63, 3.8) is 0 Å². The van der Waals surface area contributed by atoms with E-state index in [2.05, 4.69) is 0 Å². The number of hydrogen-bond acceptors (Lipinski definition) is 10. The van der Waals surface area contributed by atoms with E-state index < -0.39 is 47.6 Å². The summed E-state index contributed by atoms with van der Waals surface area (Å²) >= 11 is 0.